The average molecular weight is 383 g/mol. The molecule has 2 heteroatoms. The molecule has 0 spiro atoms. The Morgan fingerprint density at radius 3 is 1.21 bits per heavy atom. The second kappa shape index (κ2) is 7.46. The summed E-state index contributed by atoms with van der Waals surface area (Å²) in [5, 5.41) is 22.0. The summed E-state index contributed by atoms with van der Waals surface area (Å²) < 4.78 is 0. The van der Waals surface area contributed by atoms with Gasteiger partial charge in [0, 0.05) is 17.0 Å². The van der Waals surface area contributed by atoms with Crippen molar-refractivity contribution in [3.05, 3.63) is 57.6 Å². The minimum atomic E-state index is -0.0815. The summed E-state index contributed by atoms with van der Waals surface area (Å²) >= 11 is 0. The number of benzene rings is 2. The number of hydrogen-bond donors (Lipinski definition) is 2. The van der Waals surface area contributed by atoms with Crippen LogP contribution in [0.3, 0.4) is 0 Å². The van der Waals surface area contributed by atoms with E-state index in [0.29, 0.717) is 11.5 Å². The van der Waals surface area contributed by atoms with Gasteiger partial charge in [-0.1, -0.05) is 79.7 Å². The zero-order chi connectivity index (χ0) is 21.6. The molecule has 2 nitrogen and oxygen atoms in total. The van der Waals surface area contributed by atoms with E-state index >= 15 is 0 Å². The highest BCUT2D eigenvalue weighted by Gasteiger charge is 2.29. The summed E-state index contributed by atoms with van der Waals surface area (Å²) in [6.45, 7) is 21.4. The molecule has 0 unspecified atom stereocenters. The van der Waals surface area contributed by atoms with Crippen LogP contribution in [-0.2, 0) is 10.8 Å². The van der Waals surface area contributed by atoms with Gasteiger partial charge in [0.1, 0.15) is 11.5 Å². The molecule has 0 bridgehead atoms. The number of aryl methyl sites for hydroxylation is 2. The Morgan fingerprint density at radius 2 is 0.964 bits per heavy atom. The molecule has 0 atom stereocenters. The van der Waals surface area contributed by atoms with E-state index in [1.54, 1.807) is 0 Å². The molecule has 2 N–H and O–H groups in total. The molecule has 2 aromatic rings. The van der Waals surface area contributed by atoms with E-state index < -0.39 is 0 Å². The molecular formula is C26H38O2. The first kappa shape index (κ1) is 22.3. The molecular weight excluding hydrogens is 344 g/mol. The van der Waals surface area contributed by atoms with Crippen molar-refractivity contribution < 1.29 is 10.2 Å². The van der Waals surface area contributed by atoms with Crippen LogP contribution in [0.15, 0.2) is 24.3 Å². The maximum atomic E-state index is 11.0. The monoisotopic (exact) mass is 382 g/mol. The van der Waals surface area contributed by atoms with Crippen molar-refractivity contribution in [3.63, 3.8) is 0 Å². The van der Waals surface area contributed by atoms with Crippen molar-refractivity contribution in [1.82, 2.24) is 0 Å². The number of phenolic OH excluding ortho intramolecular Hbond substituents is 2. The Bertz CT molecular complexity index is 792. The van der Waals surface area contributed by atoms with Gasteiger partial charge >= 0.3 is 0 Å². The molecule has 2 rings (SSSR count). The van der Waals surface area contributed by atoms with Crippen LogP contribution in [0, 0.1) is 19.8 Å². The van der Waals surface area contributed by atoms with Crippen LogP contribution in [0.25, 0.3) is 0 Å². The Labute approximate surface area is 171 Å². The van der Waals surface area contributed by atoms with Crippen LogP contribution in [0.4, 0.5) is 0 Å². The number of aromatic hydroxyl groups is 2. The SMILES string of the molecule is Cc1cc(C(C)(C)C)cc(C(c2cc(C(C)(C)C)cc(C)c2O)C(C)C)c1O. The lowest BCUT2D eigenvalue weighted by Gasteiger charge is -2.30. The zero-order valence-corrected chi connectivity index (χ0v) is 19.4. The van der Waals surface area contributed by atoms with Gasteiger partial charge < -0.3 is 10.2 Å². The molecule has 0 heterocycles. The van der Waals surface area contributed by atoms with E-state index in [0.717, 1.165) is 22.3 Å². The van der Waals surface area contributed by atoms with E-state index in [4.69, 9.17) is 0 Å². The molecule has 0 aliphatic rings. The highest BCUT2D eigenvalue weighted by atomic mass is 16.3. The van der Waals surface area contributed by atoms with Crippen molar-refractivity contribution in [3.8, 4) is 11.5 Å². The molecule has 0 radical (unpaired) electrons. The van der Waals surface area contributed by atoms with Gasteiger partial charge in [0.2, 0.25) is 0 Å². The largest absolute Gasteiger partial charge is 0.507 e. The first-order chi connectivity index (χ1) is 12.6. The summed E-state index contributed by atoms with van der Waals surface area (Å²) in [6, 6.07) is 8.41. The third-order valence-corrected chi connectivity index (χ3v) is 5.73. The van der Waals surface area contributed by atoms with Crippen LogP contribution in [0.2, 0.25) is 0 Å². The van der Waals surface area contributed by atoms with E-state index in [2.05, 4.69) is 79.7 Å². The second-order valence-corrected chi connectivity index (χ2v) is 10.7. The van der Waals surface area contributed by atoms with Crippen molar-refractivity contribution in [1.29, 1.82) is 0 Å². The van der Waals surface area contributed by atoms with Gasteiger partial charge in [-0.2, -0.15) is 0 Å². The Kier molecular flexibility index (Phi) is 5.95. The molecule has 0 amide bonds. The van der Waals surface area contributed by atoms with Gasteiger partial charge in [-0.25, -0.2) is 0 Å². The smallest absolute Gasteiger partial charge is 0.122 e. The molecule has 0 saturated carbocycles. The molecule has 28 heavy (non-hydrogen) atoms. The summed E-state index contributed by atoms with van der Waals surface area (Å²) in [6.07, 6.45) is 0. The molecule has 0 saturated heterocycles. The van der Waals surface area contributed by atoms with E-state index in [9.17, 15) is 10.2 Å². The van der Waals surface area contributed by atoms with E-state index in [1.165, 1.54) is 11.1 Å². The van der Waals surface area contributed by atoms with Gasteiger partial charge in [-0.15, -0.1) is 0 Å². The molecule has 0 aromatic heterocycles. The highest BCUT2D eigenvalue weighted by molar-refractivity contribution is 5.55. The first-order valence-corrected chi connectivity index (χ1v) is 10.3. The maximum absolute atomic E-state index is 11.0. The summed E-state index contributed by atoms with van der Waals surface area (Å²) in [7, 11) is 0. The Hall–Kier alpha value is -1.96. The van der Waals surface area contributed by atoms with Crippen molar-refractivity contribution in [2.45, 2.75) is 86.0 Å². The number of phenols is 2. The van der Waals surface area contributed by atoms with Crippen LogP contribution < -0.4 is 0 Å². The van der Waals surface area contributed by atoms with Crippen LogP contribution >= 0.6 is 0 Å². The molecule has 0 aliphatic heterocycles. The fraction of sp³-hybridized carbons (Fsp3) is 0.538. The quantitative estimate of drug-likeness (QED) is 0.594. The molecule has 154 valence electrons. The predicted molar refractivity (Wildman–Crippen MR) is 120 cm³/mol. The lowest BCUT2D eigenvalue weighted by molar-refractivity contribution is 0.429. The fourth-order valence-corrected chi connectivity index (χ4v) is 3.84. The van der Waals surface area contributed by atoms with Gasteiger partial charge in [-0.05, 0) is 52.8 Å². The Morgan fingerprint density at radius 1 is 0.643 bits per heavy atom. The van der Waals surface area contributed by atoms with Gasteiger partial charge in [0.05, 0.1) is 0 Å². The topological polar surface area (TPSA) is 40.5 Å². The minimum Gasteiger partial charge on any atom is -0.507 e. The van der Waals surface area contributed by atoms with Crippen LogP contribution in [0.5, 0.6) is 11.5 Å². The third-order valence-electron chi connectivity index (χ3n) is 5.73. The molecule has 2 aromatic carbocycles. The first-order valence-electron chi connectivity index (χ1n) is 10.3. The number of rotatable bonds is 3. The molecule has 0 aliphatic carbocycles. The summed E-state index contributed by atoms with van der Waals surface area (Å²) in [5.41, 5.74) is 5.95. The third kappa shape index (κ3) is 4.37. The van der Waals surface area contributed by atoms with Crippen molar-refractivity contribution in [2.75, 3.05) is 0 Å². The van der Waals surface area contributed by atoms with Gasteiger partial charge in [-0.3, -0.25) is 0 Å². The number of hydrogen-bond acceptors (Lipinski definition) is 2. The summed E-state index contributed by atoms with van der Waals surface area (Å²) in [5.74, 6) is 0.817. The molecule has 0 fully saturated rings. The fourth-order valence-electron chi connectivity index (χ4n) is 3.84. The summed E-state index contributed by atoms with van der Waals surface area (Å²) in [4.78, 5) is 0. The normalized spacial score (nSPS) is 12.9. The van der Waals surface area contributed by atoms with Gasteiger partial charge in [0.25, 0.3) is 0 Å². The van der Waals surface area contributed by atoms with E-state index in [-0.39, 0.29) is 22.7 Å². The maximum Gasteiger partial charge on any atom is 0.122 e. The van der Waals surface area contributed by atoms with Crippen LogP contribution in [-0.4, -0.2) is 10.2 Å². The zero-order valence-electron chi connectivity index (χ0n) is 19.4. The standard InChI is InChI=1S/C26H38O2/c1-15(2)22(20-13-18(25(5,6)7)11-16(3)23(20)27)21-14-19(26(8,9)10)12-17(4)24(21)28/h11-15,22,27-28H,1-10H3. The van der Waals surface area contributed by atoms with Crippen LogP contribution in [0.1, 0.15) is 94.7 Å². The second-order valence-electron chi connectivity index (χ2n) is 10.7. The van der Waals surface area contributed by atoms with Crippen molar-refractivity contribution in [2.24, 2.45) is 5.92 Å². The van der Waals surface area contributed by atoms with Crippen molar-refractivity contribution >= 4 is 0 Å². The van der Waals surface area contributed by atoms with E-state index in [1.807, 2.05) is 13.8 Å². The Balaban J connectivity index is 2.82. The van der Waals surface area contributed by atoms with Gasteiger partial charge in [0.15, 0.2) is 0 Å². The lowest BCUT2D eigenvalue weighted by atomic mass is 9.75. The average Bonchev–Trinajstić information content (AvgIpc) is 2.52. The highest BCUT2D eigenvalue weighted by Crippen LogP contribution is 2.45. The minimum absolute atomic E-state index is 0.0139. The predicted octanol–water partition coefficient (Wildman–Crippen LogP) is 7.10. The lowest BCUT2D eigenvalue weighted by Crippen LogP contribution is -2.17.